The Morgan fingerprint density at radius 2 is 2.00 bits per heavy atom. The summed E-state index contributed by atoms with van der Waals surface area (Å²) in [6.45, 7) is 6.94. The summed E-state index contributed by atoms with van der Waals surface area (Å²) in [5.41, 5.74) is 1.92. The molecule has 0 radical (unpaired) electrons. The van der Waals surface area contributed by atoms with Crippen LogP contribution >= 0.6 is 0 Å². The summed E-state index contributed by atoms with van der Waals surface area (Å²) < 4.78 is 19.1. The number of nitrogens with one attached hydrogen (secondary N) is 1. The third-order valence-electron chi connectivity index (χ3n) is 3.17. The van der Waals surface area contributed by atoms with E-state index in [1.807, 2.05) is 18.2 Å². The van der Waals surface area contributed by atoms with Crippen LogP contribution in [0.3, 0.4) is 0 Å². The molecule has 0 bridgehead atoms. The molecule has 3 nitrogen and oxygen atoms in total. The van der Waals surface area contributed by atoms with E-state index in [0.717, 1.165) is 0 Å². The molecule has 0 amide bonds. The average molecular weight is 288 g/mol. The zero-order valence-corrected chi connectivity index (χ0v) is 12.9. The van der Waals surface area contributed by atoms with Crippen LogP contribution < -0.4 is 10.1 Å². The number of rotatable bonds is 4. The van der Waals surface area contributed by atoms with Crippen LogP contribution in [0.5, 0.6) is 11.6 Å². The molecule has 1 heterocycles. The highest BCUT2D eigenvalue weighted by molar-refractivity contribution is 5.37. The molecule has 4 heteroatoms. The molecule has 21 heavy (non-hydrogen) atoms. The number of hydrogen-bond donors (Lipinski definition) is 1. The van der Waals surface area contributed by atoms with E-state index in [0.29, 0.717) is 23.7 Å². The van der Waals surface area contributed by atoms with Gasteiger partial charge in [0.05, 0.1) is 6.20 Å². The Kier molecular flexibility index (Phi) is 4.58. The van der Waals surface area contributed by atoms with Gasteiger partial charge in [-0.1, -0.05) is 32.9 Å². The molecule has 0 saturated heterocycles. The molecule has 0 aliphatic carbocycles. The van der Waals surface area contributed by atoms with Crippen LogP contribution in [0.1, 0.15) is 31.9 Å². The fourth-order valence-corrected chi connectivity index (χ4v) is 2.02. The summed E-state index contributed by atoms with van der Waals surface area (Å²) in [4.78, 5) is 4.05. The van der Waals surface area contributed by atoms with Gasteiger partial charge < -0.3 is 10.1 Å². The lowest BCUT2D eigenvalue weighted by Gasteiger charge is -2.20. The Labute approximate surface area is 125 Å². The van der Waals surface area contributed by atoms with Crippen LogP contribution in [0.15, 0.2) is 36.5 Å². The van der Waals surface area contributed by atoms with Crippen LogP contribution in [0.2, 0.25) is 0 Å². The van der Waals surface area contributed by atoms with Gasteiger partial charge in [0, 0.05) is 12.1 Å². The second-order valence-corrected chi connectivity index (χ2v) is 6.03. The monoisotopic (exact) mass is 288 g/mol. The second-order valence-electron chi connectivity index (χ2n) is 6.03. The average Bonchev–Trinajstić information content (AvgIpc) is 2.42. The van der Waals surface area contributed by atoms with Gasteiger partial charge in [-0.15, -0.1) is 0 Å². The Balaban J connectivity index is 2.30. The van der Waals surface area contributed by atoms with E-state index in [2.05, 4.69) is 37.1 Å². The predicted molar refractivity (Wildman–Crippen MR) is 82.2 cm³/mol. The summed E-state index contributed by atoms with van der Waals surface area (Å²) in [7, 11) is 1.80. The molecule has 0 aliphatic rings. The van der Waals surface area contributed by atoms with Crippen molar-refractivity contribution in [3.8, 4) is 11.6 Å². The van der Waals surface area contributed by atoms with Crippen LogP contribution in [-0.4, -0.2) is 12.0 Å². The maximum absolute atomic E-state index is 13.3. The third-order valence-corrected chi connectivity index (χ3v) is 3.17. The van der Waals surface area contributed by atoms with Gasteiger partial charge in [-0.05, 0) is 36.2 Å². The van der Waals surface area contributed by atoms with Crippen molar-refractivity contribution in [3.63, 3.8) is 0 Å². The highest BCUT2D eigenvalue weighted by atomic mass is 19.1. The number of pyridine rings is 1. The Morgan fingerprint density at radius 3 is 2.67 bits per heavy atom. The first-order valence-electron chi connectivity index (χ1n) is 6.97. The molecule has 112 valence electrons. The van der Waals surface area contributed by atoms with Crippen molar-refractivity contribution in [2.75, 3.05) is 7.05 Å². The summed E-state index contributed by atoms with van der Waals surface area (Å²) >= 11 is 0. The molecule has 0 aliphatic heterocycles. The van der Waals surface area contributed by atoms with E-state index >= 15 is 0 Å². The molecule has 0 atom stereocenters. The molecule has 2 aromatic rings. The third kappa shape index (κ3) is 4.02. The first-order valence-corrected chi connectivity index (χ1v) is 6.97. The first kappa shape index (κ1) is 15.4. The fourth-order valence-electron chi connectivity index (χ4n) is 2.02. The summed E-state index contributed by atoms with van der Waals surface area (Å²) in [6, 6.07) is 9.33. The van der Waals surface area contributed by atoms with Crippen molar-refractivity contribution in [2.24, 2.45) is 0 Å². The molecule has 0 fully saturated rings. The molecule has 2 rings (SSSR count). The number of nitrogens with zero attached hydrogens (tertiary/aromatic N) is 1. The Hall–Kier alpha value is -1.94. The number of aromatic nitrogens is 1. The van der Waals surface area contributed by atoms with Crippen LogP contribution in [0, 0.1) is 5.82 Å². The highest BCUT2D eigenvalue weighted by Gasteiger charge is 2.15. The molecular formula is C17H21FN2O. The topological polar surface area (TPSA) is 34.2 Å². The van der Waals surface area contributed by atoms with E-state index in [1.165, 1.54) is 17.8 Å². The quantitative estimate of drug-likeness (QED) is 0.922. The van der Waals surface area contributed by atoms with E-state index in [4.69, 9.17) is 4.74 Å². The standard InChI is InChI=1S/C17H21FN2O/c1-17(2,3)13-6-5-7-15(9-13)21-16-12(10-19-4)8-14(18)11-20-16/h5-9,11,19H,10H2,1-4H3. The SMILES string of the molecule is CNCc1cc(F)cnc1Oc1cccc(C(C)(C)C)c1. The summed E-state index contributed by atoms with van der Waals surface area (Å²) in [5, 5.41) is 2.99. The van der Waals surface area contributed by atoms with Crippen LogP contribution in [0.4, 0.5) is 4.39 Å². The van der Waals surface area contributed by atoms with Gasteiger partial charge in [0.2, 0.25) is 5.88 Å². The lowest BCUT2D eigenvalue weighted by atomic mass is 9.87. The van der Waals surface area contributed by atoms with Crippen molar-refractivity contribution in [1.29, 1.82) is 0 Å². The van der Waals surface area contributed by atoms with Gasteiger partial charge in [-0.2, -0.15) is 0 Å². The van der Waals surface area contributed by atoms with Gasteiger partial charge in [0.25, 0.3) is 0 Å². The second kappa shape index (κ2) is 6.22. The number of benzene rings is 1. The Morgan fingerprint density at radius 1 is 1.24 bits per heavy atom. The lowest BCUT2D eigenvalue weighted by molar-refractivity contribution is 0.447. The maximum atomic E-state index is 13.3. The predicted octanol–water partition coefficient (Wildman–Crippen LogP) is 4.03. The molecular weight excluding hydrogens is 267 g/mol. The van der Waals surface area contributed by atoms with E-state index in [9.17, 15) is 4.39 Å². The zero-order valence-electron chi connectivity index (χ0n) is 12.9. The minimum Gasteiger partial charge on any atom is -0.439 e. The van der Waals surface area contributed by atoms with Crippen molar-refractivity contribution >= 4 is 0 Å². The molecule has 0 unspecified atom stereocenters. The van der Waals surface area contributed by atoms with E-state index in [1.54, 1.807) is 7.05 Å². The largest absolute Gasteiger partial charge is 0.439 e. The Bertz CT molecular complexity index is 620. The fraction of sp³-hybridized carbons (Fsp3) is 0.353. The molecule has 0 spiro atoms. The number of halogens is 1. The smallest absolute Gasteiger partial charge is 0.223 e. The maximum Gasteiger partial charge on any atom is 0.223 e. The van der Waals surface area contributed by atoms with Crippen molar-refractivity contribution in [1.82, 2.24) is 10.3 Å². The lowest BCUT2D eigenvalue weighted by Crippen LogP contribution is -2.11. The number of ether oxygens (including phenoxy) is 1. The minimum atomic E-state index is -0.365. The van der Waals surface area contributed by atoms with E-state index < -0.39 is 0 Å². The molecule has 1 aromatic carbocycles. The van der Waals surface area contributed by atoms with Crippen molar-refractivity contribution in [3.05, 3.63) is 53.5 Å². The minimum absolute atomic E-state index is 0.0450. The van der Waals surface area contributed by atoms with Crippen molar-refractivity contribution < 1.29 is 9.13 Å². The van der Waals surface area contributed by atoms with Gasteiger partial charge >= 0.3 is 0 Å². The first-order chi connectivity index (χ1) is 9.90. The van der Waals surface area contributed by atoms with Crippen molar-refractivity contribution in [2.45, 2.75) is 32.7 Å². The number of hydrogen-bond acceptors (Lipinski definition) is 3. The van der Waals surface area contributed by atoms with Gasteiger partial charge in [0.1, 0.15) is 11.6 Å². The van der Waals surface area contributed by atoms with Gasteiger partial charge in [-0.3, -0.25) is 0 Å². The molecule has 1 aromatic heterocycles. The zero-order chi connectivity index (χ0) is 15.5. The summed E-state index contributed by atoms with van der Waals surface area (Å²) in [6.07, 6.45) is 1.17. The van der Waals surface area contributed by atoms with E-state index in [-0.39, 0.29) is 11.2 Å². The normalized spacial score (nSPS) is 11.5. The molecule has 1 N–H and O–H groups in total. The van der Waals surface area contributed by atoms with Gasteiger partial charge in [0.15, 0.2) is 0 Å². The molecule has 0 saturated carbocycles. The van der Waals surface area contributed by atoms with Gasteiger partial charge in [-0.25, -0.2) is 9.37 Å². The van der Waals surface area contributed by atoms with Crippen LogP contribution in [0.25, 0.3) is 0 Å². The van der Waals surface area contributed by atoms with Crippen LogP contribution in [-0.2, 0) is 12.0 Å². The summed E-state index contributed by atoms with van der Waals surface area (Å²) in [5.74, 6) is 0.770. The highest BCUT2D eigenvalue weighted by Crippen LogP contribution is 2.29.